The minimum absolute atomic E-state index is 0.107. The van der Waals surface area contributed by atoms with Crippen molar-refractivity contribution >= 4 is 18.2 Å². The van der Waals surface area contributed by atoms with Gasteiger partial charge in [-0.2, -0.15) is 10.2 Å². The Hall–Kier alpha value is -2.69. The SMILES string of the molecule is Cc1n[nH]c(C)c1CCC(=O)N/N=C/C=C/c1ccccc1. The molecule has 0 radical (unpaired) electrons. The zero-order valence-corrected chi connectivity index (χ0v) is 12.8. The third kappa shape index (κ3) is 4.70. The molecule has 114 valence electrons. The maximum Gasteiger partial charge on any atom is 0.240 e. The first-order valence-corrected chi connectivity index (χ1v) is 7.21. The van der Waals surface area contributed by atoms with Crippen molar-refractivity contribution in [3.63, 3.8) is 0 Å². The second kappa shape index (κ2) is 7.93. The van der Waals surface area contributed by atoms with Crippen LogP contribution < -0.4 is 5.43 Å². The molecule has 0 unspecified atom stereocenters. The van der Waals surface area contributed by atoms with E-state index in [1.54, 1.807) is 12.3 Å². The molecule has 0 aliphatic heterocycles. The lowest BCUT2D eigenvalue weighted by atomic mass is 10.1. The molecule has 2 rings (SSSR count). The molecule has 0 spiro atoms. The molecule has 0 saturated heterocycles. The molecule has 1 heterocycles. The van der Waals surface area contributed by atoms with Crippen LogP contribution in [-0.4, -0.2) is 22.3 Å². The Morgan fingerprint density at radius 1 is 1.32 bits per heavy atom. The second-order valence-corrected chi connectivity index (χ2v) is 5.00. The molecule has 1 amide bonds. The molecule has 0 aliphatic rings. The molecule has 0 fully saturated rings. The Balaban J connectivity index is 1.74. The second-order valence-electron chi connectivity index (χ2n) is 5.00. The lowest BCUT2D eigenvalue weighted by molar-refractivity contribution is -0.121. The Kier molecular flexibility index (Phi) is 5.65. The standard InChI is InChI=1S/C17H20N4O/c1-13-16(14(2)20-19-13)10-11-17(22)21-18-12-6-9-15-7-4-3-5-8-15/h3-9,12H,10-11H2,1-2H3,(H,19,20)(H,21,22)/b9-6+,18-12+. The summed E-state index contributed by atoms with van der Waals surface area (Å²) in [6.45, 7) is 3.89. The summed E-state index contributed by atoms with van der Waals surface area (Å²) in [5, 5.41) is 10.9. The molecule has 0 aliphatic carbocycles. The molecular formula is C17H20N4O. The molecule has 2 N–H and O–H groups in total. The number of hydrazone groups is 1. The van der Waals surface area contributed by atoms with Crippen LogP contribution in [0.15, 0.2) is 41.5 Å². The van der Waals surface area contributed by atoms with Gasteiger partial charge in [0.05, 0.1) is 5.69 Å². The molecule has 0 bridgehead atoms. The van der Waals surface area contributed by atoms with Crippen LogP contribution in [0.3, 0.4) is 0 Å². The fourth-order valence-corrected chi connectivity index (χ4v) is 2.11. The first-order valence-electron chi connectivity index (χ1n) is 7.21. The minimum atomic E-state index is -0.107. The van der Waals surface area contributed by atoms with Crippen LogP contribution in [-0.2, 0) is 11.2 Å². The molecule has 1 aromatic carbocycles. The Labute approximate surface area is 130 Å². The van der Waals surface area contributed by atoms with Gasteiger partial charge in [0.2, 0.25) is 5.91 Å². The van der Waals surface area contributed by atoms with Crippen molar-refractivity contribution in [3.05, 3.63) is 58.9 Å². The number of carbonyl (C=O) groups excluding carboxylic acids is 1. The third-order valence-electron chi connectivity index (χ3n) is 3.32. The van der Waals surface area contributed by atoms with E-state index in [1.165, 1.54) is 0 Å². The molecule has 0 atom stereocenters. The molecule has 1 aromatic heterocycles. The summed E-state index contributed by atoms with van der Waals surface area (Å²) in [6, 6.07) is 9.91. The van der Waals surface area contributed by atoms with Gasteiger partial charge in [-0.15, -0.1) is 0 Å². The number of aryl methyl sites for hydroxylation is 2. The number of allylic oxidation sites excluding steroid dienone is 1. The summed E-state index contributed by atoms with van der Waals surface area (Å²) >= 11 is 0. The number of amides is 1. The smallest absolute Gasteiger partial charge is 0.240 e. The van der Waals surface area contributed by atoms with Crippen molar-refractivity contribution in [2.75, 3.05) is 0 Å². The largest absolute Gasteiger partial charge is 0.282 e. The van der Waals surface area contributed by atoms with E-state index >= 15 is 0 Å². The molecule has 2 aromatic rings. The highest BCUT2D eigenvalue weighted by Gasteiger charge is 2.08. The van der Waals surface area contributed by atoms with Gasteiger partial charge >= 0.3 is 0 Å². The highest BCUT2D eigenvalue weighted by atomic mass is 16.2. The van der Waals surface area contributed by atoms with Gasteiger partial charge in [0.1, 0.15) is 0 Å². The van der Waals surface area contributed by atoms with Crippen molar-refractivity contribution < 1.29 is 4.79 Å². The number of benzene rings is 1. The van der Waals surface area contributed by atoms with Crippen LogP contribution >= 0.6 is 0 Å². The van der Waals surface area contributed by atoms with Crippen LogP contribution in [0.5, 0.6) is 0 Å². The number of hydrogen-bond donors (Lipinski definition) is 2. The van der Waals surface area contributed by atoms with E-state index in [9.17, 15) is 4.79 Å². The van der Waals surface area contributed by atoms with Gasteiger partial charge in [-0.3, -0.25) is 9.89 Å². The first-order chi connectivity index (χ1) is 10.7. The maximum atomic E-state index is 11.7. The predicted octanol–water partition coefficient (Wildman–Crippen LogP) is 2.77. The average Bonchev–Trinajstić information content (AvgIpc) is 2.84. The van der Waals surface area contributed by atoms with E-state index in [1.807, 2.05) is 50.3 Å². The van der Waals surface area contributed by atoms with Gasteiger partial charge in [0.25, 0.3) is 0 Å². The third-order valence-corrected chi connectivity index (χ3v) is 3.32. The summed E-state index contributed by atoms with van der Waals surface area (Å²) in [6.07, 6.45) is 6.34. The van der Waals surface area contributed by atoms with Gasteiger partial charge in [-0.25, -0.2) is 5.43 Å². The van der Waals surface area contributed by atoms with Crippen LogP contribution in [0.1, 0.15) is 28.9 Å². The number of aromatic nitrogens is 2. The normalized spacial score (nSPS) is 11.4. The number of carbonyl (C=O) groups is 1. The number of hydrogen-bond acceptors (Lipinski definition) is 3. The predicted molar refractivity (Wildman–Crippen MR) is 88.5 cm³/mol. The Morgan fingerprint density at radius 2 is 2.09 bits per heavy atom. The Bertz CT molecular complexity index is 652. The molecule has 22 heavy (non-hydrogen) atoms. The van der Waals surface area contributed by atoms with E-state index < -0.39 is 0 Å². The van der Waals surface area contributed by atoms with Gasteiger partial charge in [0.15, 0.2) is 0 Å². The zero-order chi connectivity index (χ0) is 15.8. The fourth-order valence-electron chi connectivity index (χ4n) is 2.11. The minimum Gasteiger partial charge on any atom is -0.282 e. The average molecular weight is 296 g/mol. The summed E-state index contributed by atoms with van der Waals surface area (Å²) < 4.78 is 0. The zero-order valence-electron chi connectivity index (χ0n) is 12.8. The molecule has 5 heteroatoms. The fraction of sp³-hybridized carbons (Fsp3) is 0.235. The van der Waals surface area contributed by atoms with Crippen LogP contribution in [0.4, 0.5) is 0 Å². The van der Waals surface area contributed by atoms with E-state index in [4.69, 9.17) is 0 Å². The van der Waals surface area contributed by atoms with Crippen molar-refractivity contribution in [2.45, 2.75) is 26.7 Å². The van der Waals surface area contributed by atoms with Crippen molar-refractivity contribution in [1.29, 1.82) is 0 Å². The van der Waals surface area contributed by atoms with Gasteiger partial charge in [-0.05, 0) is 37.5 Å². The molecule has 0 saturated carbocycles. The van der Waals surface area contributed by atoms with Crippen LogP contribution in [0.2, 0.25) is 0 Å². The maximum absolute atomic E-state index is 11.7. The number of nitrogens with zero attached hydrogens (tertiary/aromatic N) is 2. The number of aromatic amines is 1. The van der Waals surface area contributed by atoms with Crippen LogP contribution in [0.25, 0.3) is 6.08 Å². The van der Waals surface area contributed by atoms with E-state index in [0.717, 1.165) is 22.5 Å². The number of rotatable bonds is 6. The lowest BCUT2D eigenvalue weighted by Gasteiger charge is -2.00. The topological polar surface area (TPSA) is 70.1 Å². The van der Waals surface area contributed by atoms with E-state index in [-0.39, 0.29) is 5.91 Å². The quantitative estimate of drug-likeness (QED) is 0.635. The van der Waals surface area contributed by atoms with E-state index in [0.29, 0.717) is 12.8 Å². The van der Waals surface area contributed by atoms with Crippen molar-refractivity contribution in [3.8, 4) is 0 Å². The van der Waals surface area contributed by atoms with Gasteiger partial charge in [0, 0.05) is 18.3 Å². The summed E-state index contributed by atoms with van der Waals surface area (Å²) in [7, 11) is 0. The van der Waals surface area contributed by atoms with E-state index in [2.05, 4.69) is 20.7 Å². The summed E-state index contributed by atoms with van der Waals surface area (Å²) in [5.74, 6) is -0.107. The highest BCUT2D eigenvalue weighted by molar-refractivity contribution is 5.81. The summed E-state index contributed by atoms with van der Waals surface area (Å²) in [4.78, 5) is 11.7. The van der Waals surface area contributed by atoms with Gasteiger partial charge in [-0.1, -0.05) is 36.4 Å². The van der Waals surface area contributed by atoms with Crippen LogP contribution in [0, 0.1) is 13.8 Å². The number of nitrogens with one attached hydrogen (secondary N) is 2. The first kappa shape index (κ1) is 15.7. The van der Waals surface area contributed by atoms with Crippen molar-refractivity contribution in [1.82, 2.24) is 15.6 Å². The number of H-pyrrole nitrogens is 1. The molecular weight excluding hydrogens is 276 g/mol. The van der Waals surface area contributed by atoms with Crippen molar-refractivity contribution in [2.24, 2.45) is 5.10 Å². The lowest BCUT2D eigenvalue weighted by Crippen LogP contribution is -2.17. The van der Waals surface area contributed by atoms with Gasteiger partial charge < -0.3 is 0 Å². The molecule has 5 nitrogen and oxygen atoms in total. The Morgan fingerprint density at radius 3 is 2.77 bits per heavy atom. The highest BCUT2D eigenvalue weighted by Crippen LogP contribution is 2.11. The monoisotopic (exact) mass is 296 g/mol. The summed E-state index contributed by atoms with van der Waals surface area (Å²) in [5.41, 5.74) is 6.67.